The minimum atomic E-state index is -0.121. The number of benzene rings is 1. The first-order chi connectivity index (χ1) is 15.5. The molecule has 0 radical (unpaired) electrons. The molecule has 0 unspecified atom stereocenters. The summed E-state index contributed by atoms with van der Waals surface area (Å²) in [5.41, 5.74) is 10.7. The molecule has 2 aliphatic heterocycles. The molecule has 4 N–H and O–H groups in total. The number of nitrogens with two attached hydrogens (primary N) is 1. The van der Waals surface area contributed by atoms with Crippen LogP contribution in [0.25, 0.3) is 10.2 Å². The number of amides is 1. The molecule has 6 nitrogen and oxygen atoms in total. The van der Waals surface area contributed by atoms with Crippen LogP contribution in [0.4, 0.5) is 11.4 Å². The summed E-state index contributed by atoms with van der Waals surface area (Å²) in [4.78, 5) is 21.1. The quantitative estimate of drug-likeness (QED) is 0.553. The summed E-state index contributed by atoms with van der Waals surface area (Å²) in [6, 6.07) is 12.7. The van der Waals surface area contributed by atoms with Gasteiger partial charge in [0.2, 0.25) is 0 Å². The van der Waals surface area contributed by atoms with E-state index in [2.05, 4.69) is 44.8 Å². The van der Waals surface area contributed by atoms with Crippen molar-refractivity contribution >= 4 is 38.8 Å². The van der Waals surface area contributed by atoms with Crippen LogP contribution in [0, 0.1) is 12.3 Å². The third-order valence-corrected chi connectivity index (χ3v) is 8.16. The zero-order valence-corrected chi connectivity index (χ0v) is 19.4. The average Bonchev–Trinajstić information content (AvgIpc) is 3.35. The maximum atomic E-state index is 12.7. The molecule has 2 saturated heterocycles. The lowest BCUT2D eigenvalue weighted by atomic mass is 9.78. The number of hydrogen-bond acceptors (Lipinski definition) is 6. The van der Waals surface area contributed by atoms with E-state index >= 15 is 0 Å². The van der Waals surface area contributed by atoms with Crippen molar-refractivity contribution in [1.82, 2.24) is 15.6 Å². The number of carbonyl (C=O) groups is 1. The number of pyridine rings is 1. The lowest BCUT2D eigenvalue weighted by Crippen LogP contribution is -2.38. The molecule has 2 fully saturated rings. The van der Waals surface area contributed by atoms with E-state index in [0.29, 0.717) is 22.5 Å². The number of nitrogen functional groups attached to an aromatic ring is 1. The third kappa shape index (κ3) is 4.19. The average molecular weight is 450 g/mol. The van der Waals surface area contributed by atoms with Crippen LogP contribution in [0.2, 0.25) is 0 Å². The van der Waals surface area contributed by atoms with E-state index in [1.165, 1.54) is 48.4 Å². The Hall–Kier alpha value is -2.64. The number of rotatable bonds is 5. The summed E-state index contributed by atoms with van der Waals surface area (Å²) in [6.45, 7) is 7.16. The molecule has 1 spiro atoms. The largest absolute Gasteiger partial charge is 0.397 e. The van der Waals surface area contributed by atoms with E-state index < -0.39 is 0 Å². The van der Waals surface area contributed by atoms with Crippen LogP contribution in [-0.4, -0.2) is 43.6 Å². The van der Waals surface area contributed by atoms with Crippen molar-refractivity contribution in [2.24, 2.45) is 5.41 Å². The third-order valence-electron chi connectivity index (χ3n) is 7.04. The van der Waals surface area contributed by atoms with Crippen LogP contribution in [0.1, 0.15) is 40.2 Å². The second kappa shape index (κ2) is 8.71. The van der Waals surface area contributed by atoms with Gasteiger partial charge in [0.25, 0.3) is 5.91 Å². The van der Waals surface area contributed by atoms with Gasteiger partial charge >= 0.3 is 0 Å². The summed E-state index contributed by atoms with van der Waals surface area (Å²) >= 11 is 1.36. The Morgan fingerprint density at radius 3 is 2.75 bits per heavy atom. The standard InChI is InChI=1S/C25H31N5OS/c1-17-2-7-20-21(26)22(32-24(20)29-17)23(31)28-12-8-18-3-5-19(6-4-18)30-15-11-25(16-30)9-13-27-14-10-25/h2-7,27H,8-16,26H2,1H3,(H,28,31). The number of nitrogens with zero attached hydrogens (tertiary/aromatic N) is 2. The summed E-state index contributed by atoms with van der Waals surface area (Å²) in [7, 11) is 0. The highest BCUT2D eigenvalue weighted by Gasteiger charge is 2.38. The van der Waals surface area contributed by atoms with Gasteiger partial charge in [-0.25, -0.2) is 4.98 Å². The molecule has 4 heterocycles. The molecule has 3 aromatic rings. The second-order valence-corrected chi connectivity index (χ2v) is 10.2. The highest BCUT2D eigenvalue weighted by Crippen LogP contribution is 2.40. The molecule has 0 aliphatic carbocycles. The van der Waals surface area contributed by atoms with Gasteiger partial charge in [0.05, 0.1) is 5.69 Å². The SMILES string of the molecule is Cc1ccc2c(N)c(C(=O)NCCc3ccc(N4CCC5(CCNCC5)C4)cc3)sc2n1. The first-order valence-corrected chi connectivity index (χ1v) is 12.3. The minimum Gasteiger partial charge on any atom is -0.397 e. The van der Waals surface area contributed by atoms with E-state index in [1.807, 2.05) is 19.1 Å². The highest BCUT2D eigenvalue weighted by molar-refractivity contribution is 7.21. The van der Waals surface area contributed by atoms with Crippen LogP contribution in [0.15, 0.2) is 36.4 Å². The smallest absolute Gasteiger partial charge is 0.263 e. The molecule has 2 aromatic heterocycles. The zero-order chi connectivity index (χ0) is 22.1. The van der Waals surface area contributed by atoms with Crippen molar-refractivity contribution in [3.63, 3.8) is 0 Å². The van der Waals surface area contributed by atoms with Crippen molar-refractivity contribution < 1.29 is 4.79 Å². The fraction of sp³-hybridized carbons (Fsp3) is 0.440. The molecule has 0 bridgehead atoms. The number of aryl methyl sites for hydroxylation is 1. The molecule has 7 heteroatoms. The number of fused-ring (bicyclic) bond motifs is 1. The Kier molecular flexibility index (Phi) is 5.78. The van der Waals surface area contributed by atoms with Gasteiger partial charge in [0.15, 0.2) is 0 Å². The van der Waals surface area contributed by atoms with Gasteiger partial charge in [0.1, 0.15) is 9.71 Å². The molecule has 2 aliphatic rings. The van der Waals surface area contributed by atoms with Crippen LogP contribution < -0.4 is 21.3 Å². The van der Waals surface area contributed by atoms with Gasteiger partial charge in [-0.05, 0) is 80.9 Å². The first kappa shape index (κ1) is 21.2. The molecule has 0 atom stereocenters. The Labute approximate surface area is 193 Å². The van der Waals surface area contributed by atoms with Crippen molar-refractivity contribution in [2.75, 3.05) is 43.4 Å². The van der Waals surface area contributed by atoms with E-state index in [1.54, 1.807) is 0 Å². The molecule has 0 saturated carbocycles. The topological polar surface area (TPSA) is 83.3 Å². The van der Waals surface area contributed by atoms with Gasteiger partial charge in [0, 0.05) is 36.4 Å². The van der Waals surface area contributed by atoms with Crippen LogP contribution in [-0.2, 0) is 6.42 Å². The maximum Gasteiger partial charge on any atom is 0.263 e. The Balaban J connectivity index is 1.16. The molecule has 32 heavy (non-hydrogen) atoms. The number of aromatic nitrogens is 1. The van der Waals surface area contributed by atoms with E-state index in [-0.39, 0.29) is 5.91 Å². The number of piperidine rings is 1. The van der Waals surface area contributed by atoms with E-state index in [9.17, 15) is 4.79 Å². The fourth-order valence-electron chi connectivity index (χ4n) is 5.05. The predicted octanol–water partition coefficient (Wildman–Crippen LogP) is 3.74. The summed E-state index contributed by atoms with van der Waals surface area (Å²) in [6.07, 6.45) is 4.69. The van der Waals surface area contributed by atoms with Gasteiger partial charge in [-0.2, -0.15) is 0 Å². The normalized spacial score (nSPS) is 17.8. The molecule has 168 valence electrons. The number of anilines is 2. The van der Waals surface area contributed by atoms with Crippen molar-refractivity contribution in [3.05, 3.63) is 52.5 Å². The van der Waals surface area contributed by atoms with E-state index in [4.69, 9.17) is 5.73 Å². The van der Waals surface area contributed by atoms with Gasteiger partial charge in [-0.15, -0.1) is 11.3 Å². The fourth-order valence-corrected chi connectivity index (χ4v) is 6.11. The number of carbonyl (C=O) groups excluding carboxylic acids is 1. The highest BCUT2D eigenvalue weighted by atomic mass is 32.1. The van der Waals surface area contributed by atoms with Crippen molar-refractivity contribution in [3.8, 4) is 0 Å². The molecular weight excluding hydrogens is 418 g/mol. The molecular formula is C25H31N5OS. The Morgan fingerprint density at radius 1 is 1.19 bits per heavy atom. The van der Waals surface area contributed by atoms with Gasteiger partial charge < -0.3 is 21.3 Å². The lowest BCUT2D eigenvalue weighted by Gasteiger charge is -2.34. The second-order valence-electron chi connectivity index (χ2n) is 9.24. The number of hydrogen-bond donors (Lipinski definition) is 3. The first-order valence-electron chi connectivity index (χ1n) is 11.5. The molecule has 1 amide bonds. The lowest BCUT2D eigenvalue weighted by molar-refractivity contribution is 0.0959. The summed E-state index contributed by atoms with van der Waals surface area (Å²) in [5.74, 6) is -0.121. The maximum absolute atomic E-state index is 12.7. The zero-order valence-electron chi connectivity index (χ0n) is 18.6. The van der Waals surface area contributed by atoms with Crippen LogP contribution >= 0.6 is 11.3 Å². The van der Waals surface area contributed by atoms with Gasteiger partial charge in [-0.3, -0.25) is 4.79 Å². The van der Waals surface area contributed by atoms with E-state index in [0.717, 1.165) is 42.0 Å². The summed E-state index contributed by atoms with van der Waals surface area (Å²) in [5, 5.41) is 7.37. The Bertz CT molecular complexity index is 1120. The Morgan fingerprint density at radius 2 is 1.97 bits per heavy atom. The predicted molar refractivity (Wildman–Crippen MR) is 133 cm³/mol. The van der Waals surface area contributed by atoms with Crippen LogP contribution in [0.5, 0.6) is 0 Å². The summed E-state index contributed by atoms with van der Waals surface area (Å²) < 4.78 is 0. The van der Waals surface area contributed by atoms with Gasteiger partial charge in [-0.1, -0.05) is 12.1 Å². The minimum absolute atomic E-state index is 0.121. The van der Waals surface area contributed by atoms with Crippen LogP contribution in [0.3, 0.4) is 0 Å². The van der Waals surface area contributed by atoms with Crippen molar-refractivity contribution in [1.29, 1.82) is 0 Å². The number of nitrogens with one attached hydrogen (secondary N) is 2. The molecule has 1 aromatic carbocycles. The number of thiophene rings is 1. The molecule has 5 rings (SSSR count). The monoisotopic (exact) mass is 449 g/mol. The van der Waals surface area contributed by atoms with Crippen molar-refractivity contribution in [2.45, 2.75) is 32.6 Å².